The van der Waals surface area contributed by atoms with E-state index >= 15 is 0 Å². The van der Waals surface area contributed by atoms with E-state index in [0.717, 1.165) is 11.0 Å². The first-order chi connectivity index (χ1) is 9.11. The monoisotopic (exact) mass is 278 g/mol. The van der Waals surface area contributed by atoms with Crippen molar-refractivity contribution in [3.8, 4) is 0 Å². The largest absolute Gasteiger partial charge is 0.271 e. The number of hydrogen-bond acceptors (Lipinski definition) is 3. The molecule has 1 saturated carbocycles. The summed E-state index contributed by atoms with van der Waals surface area (Å²) in [5, 5.41) is 0.850. The summed E-state index contributed by atoms with van der Waals surface area (Å²) in [5.74, 6) is 6.86. The molecule has 0 spiro atoms. The van der Waals surface area contributed by atoms with Gasteiger partial charge in [0.2, 0.25) is 0 Å². The highest BCUT2D eigenvalue weighted by molar-refractivity contribution is 7.99. The molecule has 19 heavy (non-hydrogen) atoms. The molecule has 0 aliphatic heterocycles. The number of nitrogens with two attached hydrogens (primary N) is 1. The minimum atomic E-state index is 0.268. The highest BCUT2D eigenvalue weighted by Crippen LogP contribution is 2.32. The van der Waals surface area contributed by atoms with Gasteiger partial charge in [-0.3, -0.25) is 11.3 Å². The van der Waals surface area contributed by atoms with Gasteiger partial charge in [-0.2, -0.15) is 11.8 Å². The smallest absolute Gasteiger partial charge is 0.0553 e. The Labute approximate surface area is 121 Å². The number of benzene rings is 1. The van der Waals surface area contributed by atoms with Crippen molar-refractivity contribution in [1.82, 2.24) is 5.43 Å². The Morgan fingerprint density at radius 2 is 1.79 bits per heavy atom. The quantitative estimate of drug-likeness (QED) is 0.635. The Balaban J connectivity index is 2.05. The van der Waals surface area contributed by atoms with Crippen LogP contribution >= 0.6 is 11.8 Å². The van der Waals surface area contributed by atoms with Crippen LogP contribution in [0.4, 0.5) is 0 Å². The summed E-state index contributed by atoms with van der Waals surface area (Å²) in [4.78, 5) is 0. The van der Waals surface area contributed by atoms with Crippen LogP contribution in [0.25, 0.3) is 0 Å². The Kier molecular flexibility index (Phi) is 5.31. The van der Waals surface area contributed by atoms with Gasteiger partial charge in [0.15, 0.2) is 0 Å². The number of nitrogens with one attached hydrogen (secondary N) is 1. The molecule has 106 valence electrons. The Bertz CT molecular complexity index is 425. The van der Waals surface area contributed by atoms with E-state index in [1.807, 2.05) is 0 Å². The molecule has 0 bridgehead atoms. The lowest BCUT2D eigenvalue weighted by Crippen LogP contribution is -2.30. The van der Waals surface area contributed by atoms with E-state index in [-0.39, 0.29) is 6.04 Å². The molecule has 3 heteroatoms. The fraction of sp³-hybridized carbons (Fsp3) is 0.625. The second kappa shape index (κ2) is 6.78. The van der Waals surface area contributed by atoms with Crippen LogP contribution in [0.5, 0.6) is 0 Å². The molecule has 2 nitrogen and oxygen atoms in total. The van der Waals surface area contributed by atoms with Gasteiger partial charge in [-0.15, -0.1) is 0 Å². The van der Waals surface area contributed by atoms with Crippen molar-refractivity contribution >= 4 is 11.8 Å². The van der Waals surface area contributed by atoms with Gasteiger partial charge in [0, 0.05) is 11.0 Å². The first-order valence-corrected chi connectivity index (χ1v) is 8.32. The zero-order chi connectivity index (χ0) is 13.8. The highest BCUT2D eigenvalue weighted by Gasteiger charge is 2.19. The van der Waals surface area contributed by atoms with E-state index in [1.165, 1.54) is 47.9 Å². The third-order valence-electron chi connectivity index (χ3n) is 4.26. The molecule has 1 atom stereocenters. The number of thioether (sulfide) groups is 1. The van der Waals surface area contributed by atoms with Crippen LogP contribution in [0.3, 0.4) is 0 Å². The van der Waals surface area contributed by atoms with Crippen LogP contribution in [0.1, 0.15) is 54.0 Å². The number of hydrazine groups is 1. The molecule has 0 saturated heterocycles. The molecular formula is C16H26N2S. The van der Waals surface area contributed by atoms with Crippen LogP contribution in [-0.2, 0) is 0 Å². The van der Waals surface area contributed by atoms with E-state index in [2.05, 4.69) is 50.1 Å². The summed E-state index contributed by atoms with van der Waals surface area (Å²) in [5.41, 5.74) is 8.43. The minimum Gasteiger partial charge on any atom is -0.271 e. The van der Waals surface area contributed by atoms with Crippen LogP contribution in [-0.4, -0.2) is 11.0 Å². The van der Waals surface area contributed by atoms with Crippen molar-refractivity contribution in [2.24, 2.45) is 5.84 Å². The molecule has 2 rings (SSSR count). The third-order valence-corrected chi connectivity index (χ3v) is 5.73. The van der Waals surface area contributed by atoms with E-state index in [0.29, 0.717) is 0 Å². The standard InChI is InChI=1S/C16H26N2S/c1-11-8-13(3)15(9-12(11)2)16(18-17)10-19-14-6-4-5-7-14/h8-9,14,16,18H,4-7,10,17H2,1-3H3. The van der Waals surface area contributed by atoms with Crippen LogP contribution < -0.4 is 11.3 Å². The molecule has 1 aliphatic rings. The van der Waals surface area contributed by atoms with Gasteiger partial charge < -0.3 is 0 Å². The average Bonchev–Trinajstić information content (AvgIpc) is 2.89. The summed E-state index contributed by atoms with van der Waals surface area (Å²) in [6.45, 7) is 6.53. The van der Waals surface area contributed by atoms with Crippen molar-refractivity contribution in [2.75, 3.05) is 5.75 Å². The molecule has 0 amide bonds. The topological polar surface area (TPSA) is 38.0 Å². The molecule has 1 unspecified atom stereocenters. The number of aryl methyl sites for hydroxylation is 3. The summed E-state index contributed by atoms with van der Waals surface area (Å²) < 4.78 is 0. The van der Waals surface area contributed by atoms with Crippen molar-refractivity contribution < 1.29 is 0 Å². The van der Waals surface area contributed by atoms with E-state index < -0.39 is 0 Å². The van der Waals surface area contributed by atoms with Crippen molar-refractivity contribution in [1.29, 1.82) is 0 Å². The maximum absolute atomic E-state index is 5.78. The molecular weight excluding hydrogens is 252 g/mol. The van der Waals surface area contributed by atoms with Crippen molar-refractivity contribution in [3.05, 3.63) is 34.4 Å². The molecule has 0 radical (unpaired) electrons. The summed E-state index contributed by atoms with van der Waals surface area (Å²) in [7, 11) is 0. The second-order valence-electron chi connectivity index (χ2n) is 5.75. The molecule has 0 heterocycles. The molecule has 1 fully saturated rings. The summed E-state index contributed by atoms with van der Waals surface area (Å²) in [6.07, 6.45) is 5.57. The van der Waals surface area contributed by atoms with E-state index in [4.69, 9.17) is 5.84 Å². The van der Waals surface area contributed by atoms with Gasteiger partial charge in [-0.25, -0.2) is 0 Å². The van der Waals surface area contributed by atoms with Crippen LogP contribution in [0, 0.1) is 20.8 Å². The molecule has 1 aromatic carbocycles. The first kappa shape index (κ1) is 14.9. The van der Waals surface area contributed by atoms with E-state index in [1.54, 1.807) is 0 Å². The SMILES string of the molecule is Cc1cc(C)c(C(CSC2CCCC2)NN)cc1C. The normalized spacial score (nSPS) is 17.9. The lowest BCUT2D eigenvalue weighted by molar-refractivity contribution is 0.606. The highest BCUT2D eigenvalue weighted by atomic mass is 32.2. The van der Waals surface area contributed by atoms with Gasteiger partial charge >= 0.3 is 0 Å². The predicted octanol–water partition coefficient (Wildman–Crippen LogP) is 3.79. The maximum atomic E-state index is 5.78. The second-order valence-corrected chi connectivity index (χ2v) is 7.09. The minimum absolute atomic E-state index is 0.268. The fourth-order valence-corrected chi connectivity index (χ4v) is 4.28. The van der Waals surface area contributed by atoms with Gasteiger partial charge in [0.05, 0.1) is 6.04 Å². The van der Waals surface area contributed by atoms with Gasteiger partial charge in [0.25, 0.3) is 0 Å². The molecule has 3 N–H and O–H groups in total. The molecule has 0 aromatic heterocycles. The van der Waals surface area contributed by atoms with Crippen LogP contribution in [0.2, 0.25) is 0 Å². The Morgan fingerprint density at radius 1 is 1.16 bits per heavy atom. The lowest BCUT2D eigenvalue weighted by atomic mass is 9.97. The summed E-state index contributed by atoms with van der Waals surface area (Å²) in [6, 6.07) is 4.84. The third kappa shape index (κ3) is 3.74. The zero-order valence-corrected chi connectivity index (χ0v) is 13.1. The Hall–Kier alpha value is -0.510. The zero-order valence-electron chi connectivity index (χ0n) is 12.3. The molecule has 1 aliphatic carbocycles. The summed E-state index contributed by atoms with van der Waals surface area (Å²) >= 11 is 2.09. The van der Waals surface area contributed by atoms with Crippen LogP contribution in [0.15, 0.2) is 12.1 Å². The lowest BCUT2D eigenvalue weighted by Gasteiger charge is -2.21. The molecule has 1 aromatic rings. The van der Waals surface area contributed by atoms with Gasteiger partial charge in [-0.1, -0.05) is 25.0 Å². The van der Waals surface area contributed by atoms with Crippen molar-refractivity contribution in [3.63, 3.8) is 0 Å². The van der Waals surface area contributed by atoms with E-state index in [9.17, 15) is 0 Å². The fourth-order valence-electron chi connectivity index (χ4n) is 2.87. The Morgan fingerprint density at radius 3 is 2.42 bits per heavy atom. The van der Waals surface area contributed by atoms with Gasteiger partial charge in [-0.05, 0) is 55.9 Å². The maximum Gasteiger partial charge on any atom is 0.0553 e. The first-order valence-electron chi connectivity index (χ1n) is 7.27. The van der Waals surface area contributed by atoms with Gasteiger partial charge in [0.1, 0.15) is 0 Å². The average molecular weight is 278 g/mol. The predicted molar refractivity (Wildman–Crippen MR) is 85.4 cm³/mol. The number of rotatable bonds is 5. The number of hydrogen-bond donors (Lipinski definition) is 2. The van der Waals surface area contributed by atoms with Crippen molar-refractivity contribution in [2.45, 2.75) is 57.7 Å².